The third-order valence-electron chi connectivity index (χ3n) is 5.20. The summed E-state index contributed by atoms with van der Waals surface area (Å²) in [6.07, 6.45) is 5.42. The summed E-state index contributed by atoms with van der Waals surface area (Å²) in [5, 5.41) is 9.71. The van der Waals surface area contributed by atoms with Crippen LogP contribution in [0.3, 0.4) is 0 Å². The highest BCUT2D eigenvalue weighted by Gasteiger charge is 2.55. The van der Waals surface area contributed by atoms with Gasteiger partial charge in [0.15, 0.2) is 17.7 Å². The number of hydrogen-bond donors (Lipinski definition) is 1. The van der Waals surface area contributed by atoms with Crippen molar-refractivity contribution >= 4 is 23.3 Å². The van der Waals surface area contributed by atoms with Crippen molar-refractivity contribution in [2.24, 2.45) is 0 Å². The number of aliphatic hydroxyl groups is 1. The molecular formula is C21H22N4O4. The van der Waals surface area contributed by atoms with Gasteiger partial charge in [-0.25, -0.2) is 15.0 Å². The quantitative estimate of drug-likeness (QED) is 0.726. The predicted octanol–water partition coefficient (Wildman–Crippen LogP) is 2.41. The molecule has 4 heterocycles. The monoisotopic (exact) mass is 394 g/mol. The molecule has 3 aromatic rings. The fourth-order valence-corrected chi connectivity index (χ4v) is 3.95. The van der Waals surface area contributed by atoms with Gasteiger partial charge in [-0.05, 0) is 25.5 Å². The second-order valence-electron chi connectivity index (χ2n) is 7.64. The molecule has 0 radical (unpaired) electrons. The van der Waals surface area contributed by atoms with Gasteiger partial charge in [0.2, 0.25) is 0 Å². The van der Waals surface area contributed by atoms with Gasteiger partial charge in [0.05, 0.1) is 18.6 Å². The van der Waals surface area contributed by atoms with E-state index in [-0.39, 0.29) is 18.8 Å². The number of fused-ring (bicyclic) bond motifs is 2. The molecule has 0 saturated carbocycles. The lowest BCUT2D eigenvalue weighted by atomic mass is 10.1. The van der Waals surface area contributed by atoms with Crippen molar-refractivity contribution in [3.05, 3.63) is 54.2 Å². The maximum Gasteiger partial charge on any atom is 0.166 e. The summed E-state index contributed by atoms with van der Waals surface area (Å²) < 4.78 is 19.9. The van der Waals surface area contributed by atoms with Crippen LogP contribution in [0.5, 0.6) is 0 Å². The minimum Gasteiger partial charge on any atom is -0.394 e. The molecule has 2 aromatic heterocycles. The van der Waals surface area contributed by atoms with E-state index in [1.807, 2.05) is 60.9 Å². The first-order chi connectivity index (χ1) is 14.1. The Morgan fingerprint density at radius 2 is 1.86 bits per heavy atom. The topological polar surface area (TPSA) is 91.5 Å². The first-order valence-corrected chi connectivity index (χ1v) is 9.58. The molecule has 8 heteroatoms. The first-order valence-electron chi connectivity index (χ1n) is 9.58. The van der Waals surface area contributed by atoms with Gasteiger partial charge in [0.1, 0.15) is 30.2 Å². The van der Waals surface area contributed by atoms with E-state index in [2.05, 4.69) is 15.0 Å². The number of nitrogens with zero attached hydrogens (tertiary/aromatic N) is 4. The van der Waals surface area contributed by atoms with Gasteiger partial charge in [-0.3, -0.25) is 4.57 Å². The van der Waals surface area contributed by atoms with Crippen LogP contribution in [0.25, 0.3) is 23.3 Å². The van der Waals surface area contributed by atoms with Crippen molar-refractivity contribution < 1.29 is 19.3 Å². The Morgan fingerprint density at radius 3 is 2.66 bits per heavy atom. The van der Waals surface area contributed by atoms with E-state index in [1.54, 1.807) is 6.33 Å². The number of benzene rings is 1. The molecule has 1 N–H and O–H groups in total. The van der Waals surface area contributed by atoms with Crippen LogP contribution in [0.2, 0.25) is 0 Å². The highest BCUT2D eigenvalue weighted by atomic mass is 16.8. The second-order valence-corrected chi connectivity index (χ2v) is 7.64. The lowest BCUT2D eigenvalue weighted by Crippen LogP contribution is -2.31. The van der Waals surface area contributed by atoms with E-state index in [9.17, 15) is 5.11 Å². The fourth-order valence-electron chi connectivity index (χ4n) is 3.95. The molecule has 0 spiro atoms. The molecule has 0 amide bonds. The van der Waals surface area contributed by atoms with Gasteiger partial charge >= 0.3 is 0 Å². The van der Waals surface area contributed by atoms with Gasteiger partial charge in [-0.1, -0.05) is 36.4 Å². The fraction of sp³-hybridized carbons (Fsp3) is 0.381. The zero-order valence-corrected chi connectivity index (χ0v) is 16.2. The lowest BCUT2D eigenvalue weighted by molar-refractivity contribution is -0.199. The molecule has 0 aliphatic carbocycles. The molecule has 1 aromatic carbocycles. The normalized spacial score (nSPS) is 28.4. The summed E-state index contributed by atoms with van der Waals surface area (Å²) in [7, 11) is 0. The number of aromatic nitrogens is 4. The van der Waals surface area contributed by atoms with E-state index >= 15 is 0 Å². The van der Waals surface area contributed by atoms with E-state index in [0.29, 0.717) is 11.2 Å². The number of imidazole rings is 1. The molecular weight excluding hydrogens is 372 g/mol. The summed E-state index contributed by atoms with van der Waals surface area (Å²) >= 11 is 0. The van der Waals surface area contributed by atoms with Gasteiger partial charge < -0.3 is 19.3 Å². The van der Waals surface area contributed by atoms with Gasteiger partial charge in [0, 0.05) is 0 Å². The van der Waals surface area contributed by atoms with Crippen molar-refractivity contribution in [2.45, 2.75) is 44.2 Å². The van der Waals surface area contributed by atoms with Crippen LogP contribution >= 0.6 is 0 Å². The van der Waals surface area contributed by atoms with E-state index in [4.69, 9.17) is 14.2 Å². The van der Waals surface area contributed by atoms with Crippen molar-refractivity contribution in [3.8, 4) is 0 Å². The Labute approximate surface area is 167 Å². The van der Waals surface area contributed by atoms with E-state index in [0.717, 1.165) is 11.3 Å². The average Bonchev–Trinajstić information content (AvgIpc) is 3.37. The van der Waals surface area contributed by atoms with Gasteiger partial charge in [0.25, 0.3) is 0 Å². The Kier molecular flexibility index (Phi) is 4.44. The first kappa shape index (κ1) is 18.4. The summed E-state index contributed by atoms with van der Waals surface area (Å²) in [6, 6.07) is 10.00. The Balaban J connectivity index is 1.50. The average molecular weight is 394 g/mol. The molecule has 2 fully saturated rings. The van der Waals surface area contributed by atoms with Crippen LogP contribution in [0.15, 0.2) is 43.0 Å². The van der Waals surface area contributed by atoms with Crippen LogP contribution in [0.4, 0.5) is 0 Å². The van der Waals surface area contributed by atoms with Crippen molar-refractivity contribution in [1.82, 2.24) is 19.5 Å². The summed E-state index contributed by atoms with van der Waals surface area (Å²) in [5.41, 5.74) is 3.11. The molecule has 2 aliphatic rings. The van der Waals surface area contributed by atoms with E-state index < -0.39 is 18.1 Å². The Morgan fingerprint density at radius 1 is 1.07 bits per heavy atom. The maximum atomic E-state index is 9.71. The van der Waals surface area contributed by atoms with Gasteiger partial charge in [-0.15, -0.1) is 0 Å². The molecule has 5 rings (SSSR count). The van der Waals surface area contributed by atoms with Crippen molar-refractivity contribution in [1.29, 1.82) is 0 Å². The van der Waals surface area contributed by atoms with Crippen molar-refractivity contribution in [2.75, 3.05) is 6.61 Å². The highest BCUT2D eigenvalue weighted by molar-refractivity contribution is 5.84. The Hall–Kier alpha value is -2.65. The SMILES string of the molecule is CC1(C)OC2[C@H](O1)C(CO)O[C@H]2n1cnc2c(/C=C/c3ccccc3)ncnc21. The van der Waals surface area contributed by atoms with E-state index in [1.165, 1.54) is 6.33 Å². The lowest BCUT2D eigenvalue weighted by Gasteiger charge is -2.24. The molecule has 2 unspecified atom stereocenters. The minimum absolute atomic E-state index is 0.149. The zero-order valence-electron chi connectivity index (χ0n) is 16.2. The van der Waals surface area contributed by atoms with Crippen LogP contribution in [0.1, 0.15) is 31.3 Å². The predicted molar refractivity (Wildman–Crippen MR) is 106 cm³/mol. The van der Waals surface area contributed by atoms with Crippen molar-refractivity contribution in [3.63, 3.8) is 0 Å². The second kappa shape index (κ2) is 7.00. The maximum absolute atomic E-state index is 9.71. The standard InChI is InChI=1S/C21H22N4O4/c1-21(2)28-17-15(10-26)27-20(18(17)29-21)25-12-24-16-14(22-11-23-19(16)25)9-8-13-6-4-3-5-7-13/h3-9,11-12,15,17-18,20,26H,10H2,1-2H3/b9-8+/t15?,17-,18?,20-/m1/s1. The number of ether oxygens (including phenoxy) is 3. The largest absolute Gasteiger partial charge is 0.394 e. The number of aliphatic hydroxyl groups excluding tert-OH is 1. The molecule has 8 nitrogen and oxygen atoms in total. The zero-order chi connectivity index (χ0) is 20.0. The highest BCUT2D eigenvalue weighted by Crippen LogP contribution is 2.43. The Bertz CT molecular complexity index is 1050. The van der Waals surface area contributed by atoms with Crippen LogP contribution in [0, 0.1) is 0 Å². The number of rotatable bonds is 4. The molecule has 0 bridgehead atoms. The third kappa shape index (κ3) is 3.24. The third-order valence-corrected chi connectivity index (χ3v) is 5.20. The molecule has 150 valence electrons. The van der Waals surface area contributed by atoms with Gasteiger partial charge in [-0.2, -0.15) is 0 Å². The minimum atomic E-state index is -0.736. The smallest absolute Gasteiger partial charge is 0.166 e. The molecule has 29 heavy (non-hydrogen) atoms. The van der Waals surface area contributed by atoms with Crippen LogP contribution in [-0.2, 0) is 14.2 Å². The number of hydrogen-bond acceptors (Lipinski definition) is 7. The molecule has 2 aliphatic heterocycles. The summed E-state index contributed by atoms with van der Waals surface area (Å²) in [6.45, 7) is 3.57. The van der Waals surface area contributed by atoms with Crippen LogP contribution in [-0.4, -0.2) is 55.3 Å². The summed E-state index contributed by atoms with van der Waals surface area (Å²) in [5.74, 6) is -0.736. The van der Waals surface area contributed by atoms with Crippen LogP contribution < -0.4 is 0 Å². The summed E-state index contributed by atoms with van der Waals surface area (Å²) in [4.78, 5) is 13.3. The molecule has 4 atom stereocenters. The molecule has 2 saturated heterocycles.